The average molecular weight is 259 g/mol. The second-order valence-electron chi connectivity index (χ2n) is 5.94. The van der Waals surface area contributed by atoms with Crippen LogP contribution in [0.25, 0.3) is 0 Å². The zero-order valence-electron chi connectivity index (χ0n) is 11.7. The number of hydrogen-bond donors (Lipinski definition) is 0. The number of amides is 1. The summed E-state index contributed by atoms with van der Waals surface area (Å²) in [5, 5.41) is 0. The molecule has 1 heterocycles. The van der Waals surface area contributed by atoms with Gasteiger partial charge in [-0.1, -0.05) is 6.92 Å². The number of ether oxygens (including phenoxy) is 1. The lowest BCUT2D eigenvalue weighted by molar-refractivity contribution is -0.128. The minimum Gasteiger partial charge on any atom is -0.444 e. The van der Waals surface area contributed by atoms with E-state index in [1.165, 1.54) is 4.90 Å². The van der Waals surface area contributed by atoms with E-state index in [-0.39, 0.29) is 25.2 Å². The van der Waals surface area contributed by atoms with Crippen molar-refractivity contribution in [2.24, 2.45) is 0 Å². The van der Waals surface area contributed by atoms with E-state index in [4.69, 9.17) is 4.74 Å². The van der Waals surface area contributed by atoms with E-state index in [9.17, 15) is 14.0 Å². The summed E-state index contributed by atoms with van der Waals surface area (Å²) in [7, 11) is 0. The Kier molecular flexibility index (Phi) is 4.03. The number of likely N-dealkylation sites (tertiary alicyclic amines) is 1. The molecular formula is C13H22FNO3. The topological polar surface area (TPSA) is 46.6 Å². The van der Waals surface area contributed by atoms with E-state index in [0.717, 1.165) is 0 Å². The van der Waals surface area contributed by atoms with Gasteiger partial charge in [-0.25, -0.2) is 9.18 Å². The highest BCUT2D eigenvalue weighted by atomic mass is 19.1. The fraction of sp³-hybridized carbons (Fsp3) is 0.846. The van der Waals surface area contributed by atoms with Gasteiger partial charge in [-0.05, 0) is 27.7 Å². The van der Waals surface area contributed by atoms with Gasteiger partial charge in [0, 0.05) is 12.8 Å². The van der Waals surface area contributed by atoms with Gasteiger partial charge < -0.3 is 4.74 Å². The highest BCUT2D eigenvalue weighted by Gasteiger charge is 2.50. The van der Waals surface area contributed by atoms with E-state index in [2.05, 4.69) is 0 Å². The Morgan fingerprint density at radius 2 is 2.00 bits per heavy atom. The van der Waals surface area contributed by atoms with E-state index in [1.807, 2.05) is 0 Å². The summed E-state index contributed by atoms with van der Waals surface area (Å²) >= 11 is 0. The number of carbonyl (C=O) groups excluding carboxylic acids is 2. The van der Waals surface area contributed by atoms with Crippen molar-refractivity contribution in [2.75, 3.05) is 6.54 Å². The number of rotatable bonds is 2. The van der Waals surface area contributed by atoms with Gasteiger partial charge in [-0.2, -0.15) is 0 Å². The molecule has 5 heteroatoms. The van der Waals surface area contributed by atoms with Gasteiger partial charge >= 0.3 is 6.09 Å². The van der Waals surface area contributed by atoms with Crippen LogP contribution in [0.5, 0.6) is 0 Å². The number of nitrogens with zero attached hydrogens (tertiary/aromatic N) is 1. The van der Waals surface area contributed by atoms with Crippen molar-refractivity contribution in [1.29, 1.82) is 0 Å². The predicted molar refractivity (Wildman–Crippen MR) is 66.2 cm³/mol. The molecule has 1 amide bonds. The Hall–Kier alpha value is -1.13. The highest BCUT2D eigenvalue weighted by Crippen LogP contribution is 2.34. The van der Waals surface area contributed by atoms with Crippen molar-refractivity contribution < 1.29 is 18.7 Å². The van der Waals surface area contributed by atoms with Crippen molar-refractivity contribution in [3.8, 4) is 0 Å². The summed E-state index contributed by atoms with van der Waals surface area (Å²) in [5.41, 5.74) is -1.72. The van der Waals surface area contributed by atoms with Crippen LogP contribution in [-0.4, -0.2) is 40.6 Å². The summed E-state index contributed by atoms with van der Waals surface area (Å²) in [4.78, 5) is 25.2. The van der Waals surface area contributed by atoms with Gasteiger partial charge in [0.2, 0.25) is 0 Å². The molecule has 0 bridgehead atoms. The van der Waals surface area contributed by atoms with Crippen LogP contribution in [0.3, 0.4) is 0 Å². The van der Waals surface area contributed by atoms with Crippen molar-refractivity contribution >= 4 is 11.9 Å². The van der Waals surface area contributed by atoms with Gasteiger partial charge in [0.15, 0.2) is 5.78 Å². The number of carbonyl (C=O) groups is 2. The molecule has 1 aliphatic rings. The first-order valence-electron chi connectivity index (χ1n) is 6.28. The maximum atomic E-state index is 13.6. The molecule has 18 heavy (non-hydrogen) atoms. The Morgan fingerprint density at radius 1 is 1.44 bits per heavy atom. The Morgan fingerprint density at radius 3 is 2.44 bits per heavy atom. The number of hydrogen-bond acceptors (Lipinski definition) is 3. The molecule has 0 aliphatic carbocycles. The third-order valence-electron chi connectivity index (χ3n) is 3.13. The molecule has 0 N–H and O–H groups in total. The fourth-order valence-corrected chi connectivity index (χ4v) is 2.24. The average Bonchev–Trinajstić information content (AvgIpc) is 2.51. The van der Waals surface area contributed by atoms with Crippen LogP contribution in [0.4, 0.5) is 9.18 Å². The third-order valence-corrected chi connectivity index (χ3v) is 3.13. The van der Waals surface area contributed by atoms with Gasteiger partial charge in [0.05, 0.1) is 6.54 Å². The molecule has 0 aromatic rings. The first-order valence-corrected chi connectivity index (χ1v) is 6.28. The summed E-state index contributed by atoms with van der Waals surface area (Å²) in [6, 6.07) is 0. The first kappa shape index (κ1) is 14.9. The maximum Gasteiger partial charge on any atom is 0.411 e. The summed E-state index contributed by atoms with van der Waals surface area (Å²) in [6.07, 6.45) is -1.45. The molecule has 1 aliphatic heterocycles. The SMILES string of the molecule is CCC(=O)[C@]1(C)C[C@@H](F)CN1C(=O)OC(C)(C)C. The molecule has 1 saturated heterocycles. The maximum absolute atomic E-state index is 13.6. The van der Waals surface area contributed by atoms with Crippen LogP contribution in [-0.2, 0) is 9.53 Å². The molecule has 0 spiro atoms. The van der Waals surface area contributed by atoms with E-state index in [0.29, 0.717) is 0 Å². The summed E-state index contributed by atoms with van der Waals surface area (Å²) < 4.78 is 18.8. The lowest BCUT2D eigenvalue weighted by Crippen LogP contribution is -2.52. The molecule has 0 saturated carbocycles. The summed E-state index contributed by atoms with van der Waals surface area (Å²) in [6.45, 7) is 8.48. The van der Waals surface area contributed by atoms with Gasteiger partial charge in [0.1, 0.15) is 17.3 Å². The summed E-state index contributed by atoms with van der Waals surface area (Å²) in [5.74, 6) is -0.131. The minimum absolute atomic E-state index is 0.0545. The van der Waals surface area contributed by atoms with E-state index >= 15 is 0 Å². The molecule has 1 fully saturated rings. The second kappa shape index (κ2) is 4.86. The van der Waals surface area contributed by atoms with E-state index in [1.54, 1.807) is 34.6 Å². The lowest BCUT2D eigenvalue weighted by atomic mass is 9.91. The molecule has 2 atom stereocenters. The van der Waals surface area contributed by atoms with Gasteiger partial charge in [0.25, 0.3) is 0 Å². The number of alkyl halides is 1. The van der Waals surface area contributed by atoms with Gasteiger partial charge in [-0.15, -0.1) is 0 Å². The predicted octanol–water partition coefficient (Wildman–Crippen LogP) is 2.70. The van der Waals surface area contributed by atoms with Crippen LogP contribution >= 0.6 is 0 Å². The van der Waals surface area contributed by atoms with Crippen LogP contribution in [0.2, 0.25) is 0 Å². The smallest absolute Gasteiger partial charge is 0.411 e. The van der Waals surface area contributed by atoms with E-state index < -0.39 is 23.4 Å². The molecule has 1 rings (SSSR count). The standard InChI is InChI=1S/C13H22FNO3/c1-6-10(16)13(5)7-9(14)8-15(13)11(17)18-12(2,3)4/h9H,6-8H2,1-5H3/t9-,13+/m1/s1. The number of ketones is 1. The molecule has 4 nitrogen and oxygen atoms in total. The number of halogens is 1. The quantitative estimate of drug-likeness (QED) is 0.766. The highest BCUT2D eigenvalue weighted by molar-refractivity contribution is 5.91. The normalized spacial score (nSPS) is 28.3. The second-order valence-corrected chi connectivity index (χ2v) is 5.94. The Labute approximate surface area is 107 Å². The first-order chi connectivity index (χ1) is 8.10. The fourth-order valence-electron chi connectivity index (χ4n) is 2.24. The van der Waals surface area contributed by atoms with Crippen LogP contribution in [0, 0.1) is 0 Å². The minimum atomic E-state index is -1.17. The molecule has 0 aromatic carbocycles. The largest absolute Gasteiger partial charge is 0.444 e. The van der Waals surface area contributed by atoms with Crippen LogP contribution in [0.15, 0.2) is 0 Å². The monoisotopic (exact) mass is 259 g/mol. The molecule has 0 unspecified atom stereocenters. The van der Waals surface area contributed by atoms with Crippen LogP contribution in [0.1, 0.15) is 47.5 Å². The van der Waals surface area contributed by atoms with Crippen molar-refractivity contribution in [3.05, 3.63) is 0 Å². The van der Waals surface area contributed by atoms with Crippen molar-refractivity contribution in [2.45, 2.75) is 64.8 Å². The molecule has 104 valence electrons. The van der Waals surface area contributed by atoms with Crippen molar-refractivity contribution in [3.63, 3.8) is 0 Å². The Balaban J connectivity index is 2.92. The zero-order valence-corrected chi connectivity index (χ0v) is 11.7. The van der Waals surface area contributed by atoms with Crippen molar-refractivity contribution in [1.82, 2.24) is 4.90 Å². The zero-order chi connectivity index (χ0) is 14.1. The van der Waals surface area contributed by atoms with Gasteiger partial charge in [-0.3, -0.25) is 9.69 Å². The molecule has 0 aromatic heterocycles. The number of Topliss-reactive ketones (excluding diaryl/α,β-unsaturated/α-hetero) is 1. The molecule has 0 radical (unpaired) electrons. The molecular weight excluding hydrogens is 237 g/mol. The third kappa shape index (κ3) is 3.00. The Bertz CT molecular complexity index is 351. The van der Waals surface area contributed by atoms with Crippen LogP contribution < -0.4 is 0 Å². The lowest BCUT2D eigenvalue weighted by Gasteiger charge is -2.34.